The van der Waals surface area contributed by atoms with Gasteiger partial charge in [-0.2, -0.15) is 0 Å². The summed E-state index contributed by atoms with van der Waals surface area (Å²) >= 11 is 5.96. The van der Waals surface area contributed by atoms with Gasteiger partial charge in [-0.05, 0) is 42.3 Å². The molecule has 5 heteroatoms. The van der Waals surface area contributed by atoms with Crippen molar-refractivity contribution in [2.75, 3.05) is 13.7 Å². The topological polar surface area (TPSA) is 51.2 Å². The molecule has 0 atom stereocenters. The van der Waals surface area contributed by atoms with Gasteiger partial charge in [0.05, 0.1) is 12.7 Å². The highest BCUT2D eigenvalue weighted by Crippen LogP contribution is 2.22. The number of nitrogens with zero attached hydrogens (tertiary/aromatic N) is 1. The van der Waals surface area contributed by atoms with Crippen molar-refractivity contribution in [2.24, 2.45) is 0 Å². The molecule has 2 rings (SSSR count). The van der Waals surface area contributed by atoms with Crippen LogP contribution in [0.5, 0.6) is 5.75 Å². The molecule has 0 unspecified atom stereocenters. The maximum Gasteiger partial charge on any atom is 0.252 e. The number of benzene rings is 1. The van der Waals surface area contributed by atoms with Crippen molar-refractivity contribution in [1.29, 1.82) is 0 Å². The van der Waals surface area contributed by atoms with E-state index in [1.165, 1.54) is 6.20 Å². The highest BCUT2D eigenvalue weighted by Gasteiger charge is 2.07. The van der Waals surface area contributed by atoms with Crippen molar-refractivity contribution in [3.8, 4) is 5.75 Å². The van der Waals surface area contributed by atoms with E-state index in [1.54, 1.807) is 31.5 Å². The van der Waals surface area contributed by atoms with Gasteiger partial charge in [0.1, 0.15) is 5.75 Å². The Morgan fingerprint density at radius 1 is 1.40 bits per heavy atom. The van der Waals surface area contributed by atoms with Crippen LogP contribution in [0.15, 0.2) is 42.7 Å². The summed E-state index contributed by atoms with van der Waals surface area (Å²) in [4.78, 5) is 15.8. The van der Waals surface area contributed by atoms with E-state index >= 15 is 0 Å². The third-order valence-electron chi connectivity index (χ3n) is 2.85. The minimum Gasteiger partial charge on any atom is -0.496 e. The second-order valence-corrected chi connectivity index (χ2v) is 4.64. The monoisotopic (exact) mass is 290 g/mol. The van der Waals surface area contributed by atoms with Gasteiger partial charge in [0.25, 0.3) is 5.91 Å². The Labute approximate surface area is 122 Å². The number of hydrogen-bond acceptors (Lipinski definition) is 3. The summed E-state index contributed by atoms with van der Waals surface area (Å²) in [5.74, 6) is 0.629. The highest BCUT2D eigenvalue weighted by atomic mass is 35.5. The lowest BCUT2D eigenvalue weighted by molar-refractivity contribution is 0.0953. The molecule has 20 heavy (non-hydrogen) atoms. The first kappa shape index (κ1) is 14.3. The number of methoxy groups -OCH3 is 1. The van der Waals surface area contributed by atoms with Crippen LogP contribution >= 0.6 is 11.6 Å². The lowest BCUT2D eigenvalue weighted by Crippen LogP contribution is -2.25. The van der Waals surface area contributed by atoms with E-state index in [0.29, 0.717) is 23.6 Å². The fraction of sp³-hybridized carbons (Fsp3) is 0.200. The van der Waals surface area contributed by atoms with Crippen LogP contribution in [0.2, 0.25) is 5.02 Å². The largest absolute Gasteiger partial charge is 0.496 e. The summed E-state index contributed by atoms with van der Waals surface area (Å²) in [6.45, 7) is 0.504. The molecule has 0 bridgehead atoms. The Balaban J connectivity index is 1.93. The molecule has 0 aliphatic rings. The van der Waals surface area contributed by atoms with Gasteiger partial charge >= 0.3 is 0 Å². The quantitative estimate of drug-likeness (QED) is 0.921. The summed E-state index contributed by atoms with van der Waals surface area (Å²) < 4.78 is 5.26. The van der Waals surface area contributed by atoms with Gasteiger partial charge in [-0.15, -0.1) is 0 Å². The van der Waals surface area contributed by atoms with Gasteiger partial charge in [0.2, 0.25) is 0 Å². The van der Waals surface area contributed by atoms with E-state index in [9.17, 15) is 4.79 Å². The molecule has 0 fully saturated rings. The first-order valence-corrected chi connectivity index (χ1v) is 6.59. The molecular weight excluding hydrogens is 276 g/mol. The zero-order chi connectivity index (χ0) is 14.4. The zero-order valence-electron chi connectivity index (χ0n) is 11.1. The summed E-state index contributed by atoms with van der Waals surface area (Å²) in [5.41, 5.74) is 1.51. The summed E-state index contributed by atoms with van der Waals surface area (Å²) in [7, 11) is 1.61. The number of aromatic nitrogens is 1. The summed E-state index contributed by atoms with van der Waals surface area (Å²) in [5, 5.41) is 3.49. The van der Waals surface area contributed by atoms with Crippen molar-refractivity contribution >= 4 is 17.5 Å². The van der Waals surface area contributed by atoms with Crippen molar-refractivity contribution < 1.29 is 9.53 Å². The Bertz CT molecular complexity index is 588. The van der Waals surface area contributed by atoms with E-state index in [-0.39, 0.29) is 5.91 Å². The standard InChI is InChI=1S/C15H15ClN2O2/c1-20-14-5-4-13(16)9-11(14)6-8-18-15(19)12-3-2-7-17-10-12/h2-5,7,9-10H,6,8H2,1H3,(H,18,19). The number of pyridine rings is 1. The molecule has 104 valence electrons. The zero-order valence-corrected chi connectivity index (χ0v) is 11.9. The van der Waals surface area contributed by atoms with Crippen LogP contribution in [0.3, 0.4) is 0 Å². The SMILES string of the molecule is COc1ccc(Cl)cc1CCNC(=O)c1cccnc1. The third kappa shape index (κ3) is 3.71. The van der Waals surface area contributed by atoms with Crippen LogP contribution in [0.25, 0.3) is 0 Å². The Kier molecular flexibility index (Phi) is 4.96. The van der Waals surface area contributed by atoms with E-state index in [1.807, 2.05) is 12.1 Å². The fourth-order valence-electron chi connectivity index (χ4n) is 1.85. The van der Waals surface area contributed by atoms with Crippen LogP contribution in [0.1, 0.15) is 15.9 Å². The van der Waals surface area contributed by atoms with Gasteiger partial charge < -0.3 is 10.1 Å². The van der Waals surface area contributed by atoms with Gasteiger partial charge in [-0.1, -0.05) is 11.6 Å². The van der Waals surface area contributed by atoms with Gasteiger partial charge in [-0.3, -0.25) is 9.78 Å². The molecule has 0 saturated heterocycles. The van der Waals surface area contributed by atoms with Crippen LogP contribution in [0, 0.1) is 0 Å². The molecule has 1 aromatic heterocycles. The van der Waals surface area contributed by atoms with Gasteiger partial charge in [0, 0.05) is 24.0 Å². The second-order valence-electron chi connectivity index (χ2n) is 4.20. The van der Waals surface area contributed by atoms with Crippen LogP contribution < -0.4 is 10.1 Å². The molecule has 2 aromatic rings. The molecule has 0 aliphatic carbocycles. The first-order valence-electron chi connectivity index (χ1n) is 6.21. The fourth-order valence-corrected chi connectivity index (χ4v) is 2.05. The number of rotatable bonds is 5. The van der Waals surface area contributed by atoms with Crippen molar-refractivity contribution in [2.45, 2.75) is 6.42 Å². The van der Waals surface area contributed by atoms with Crippen LogP contribution in [0.4, 0.5) is 0 Å². The second kappa shape index (κ2) is 6.91. The van der Waals surface area contributed by atoms with E-state index in [4.69, 9.17) is 16.3 Å². The molecule has 0 radical (unpaired) electrons. The Morgan fingerprint density at radius 2 is 2.25 bits per heavy atom. The molecule has 4 nitrogen and oxygen atoms in total. The van der Waals surface area contributed by atoms with E-state index < -0.39 is 0 Å². The molecule has 1 heterocycles. The summed E-state index contributed by atoms with van der Waals surface area (Å²) in [6.07, 6.45) is 3.82. The average molecular weight is 291 g/mol. The first-order chi connectivity index (χ1) is 9.70. The molecule has 0 saturated carbocycles. The number of hydrogen-bond donors (Lipinski definition) is 1. The van der Waals surface area contributed by atoms with Gasteiger partial charge in [-0.25, -0.2) is 0 Å². The lowest BCUT2D eigenvalue weighted by atomic mass is 10.1. The van der Waals surface area contributed by atoms with Crippen molar-refractivity contribution in [3.63, 3.8) is 0 Å². The van der Waals surface area contributed by atoms with Crippen molar-refractivity contribution in [3.05, 3.63) is 58.9 Å². The molecule has 1 aromatic carbocycles. The van der Waals surface area contributed by atoms with Crippen LogP contribution in [-0.4, -0.2) is 24.5 Å². The number of amides is 1. The number of nitrogens with one attached hydrogen (secondary N) is 1. The number of carbonyl (C=O) groups excluding carboxylic acids is 1. The van der Waals surface area contributed by atoms with Crippen molar-refractivity contribution in [1.82, 2.24) is 10.3 Å². The van der Waals surface area contributed by atoms with Crippen LogP contribution in [-0.2, 0) is 6.42 Å². The third-order valence-corrected chi connectivity index (χ3v) is 3.08. The minimum absolute atomic E-state index is 0.140. The Morgan fingerprint density at radius 3 is 2.95 bits per heavy atom. The molecule has 0 spiro atoms. The summed E-state index contributed by atoms with van der Waals surface area (Å²) in [6, 6.07) is 8.90. The molecule has 0 aliphatic heterocycles. The number of ether oxygens (including phenoxy) is 1. The Hall–Kier alpha value is -2.07. The maximum atomic E-state index is 11.8. The maximum absolute atomic E-state index is 11.8. The normalized spacial score (nSPS) is 10.1. The van der Waals surface area contributed by atoms with Gasteiger partial charge in [0.15, 0.2) is 0 Å². The lowest BCUT2D eigenvalue weighted by Gasteiger charge is -2.09. The predicted molar refractivity (Wildman–Crippen MR) is 78.3 cm³/mol. The number of halogens is 1. The van der Waals surface area contributed by atoms with E-state index in [0.717, 1.165) is 11.3 Å². The molecular formula is C15H15ClN2O2. The molecule has 1 N–H and O–H groups in total. The minimum atomic E-state index is -0.140. The highest BCUT2D eigenvalue weighted by molar-refractivity contribution is 6.30. The molecule has 1 amide bonds. The number of carbonyl (C=O) groups is 1. The van der Waals surface area contributed by atoms with E-state index in [2.05, 4.69) is 10.3 Å². The smallest absolute Gasteiger partial charge is 0.252 e. The average Bonchev–Trinajstić information content (AvgIpc) is 2.48. The predicted octanol–water partition coefficient (Wildman–Crippen LogP) is 2.72.